The lowest BCUT2D eigenvalue weighted by atomic mass is 10.2. The first-order chi connectivity index (χ1) is 12.0. The van der Waals surface area contributed by atoms with Gasteiger partial charge in [-0.15, -0.1) is 11.3 Å². The van der Waals surface area contributed by atoms with Crippen LogP contribution in [0.25, 0.3) is 10.1 Å². The maximum Gasteiger partial charge on any atom is 0.348 e. The minimum atomic E-state index is -0.629. The van der Waals surface area contributed by atoms with E-state index in [2.05, 4.69) is 5.32 Å². The Morgan fingerprint density at radius 1 is 1.40 bits per heavy atom. The lowest BCUT2D eigenvalue weighted by Crippen LogP contribution is -2.34. The van der Waals surface area contributed by atoms with Gasteiger partial charge in [0.15, 0.2) is 6.61 Å². The van der Waals surface area contributed by atoms with E-state index < -0.39 is 10.9 Å². The summed E-state index contributed by atoms with van der Waals surface area (Å²) in [4.78, 5) is 34.3. The fourth-order valence-corrected chi connectivity index (χ4v) is 3.47. The normalized spacial score (nSPS) is 16.7. The first kappa shape index (κ1) is 17.3. The second-order valence-corrected chi connectivity index (χ2v) is 6.69. The number of nitro groups is 1. The van der Waals surface area contributed by atoms with Gasteiger partial charge in [0.2, 0.25) is 0 Å². The number of fused-ring (bicyclic) bond motifs is 1. The van der Waals surface area contributed by atoms with Crippen molar-refractivity contribution >= 4 is 39.0 Å². The molecule has 8 nitrogen and oxygen atoms in total. The van der Waals surface area contributed by atoms with Gasteiger partial charge in [-0.2, -0.15) is 0 Å². The third-order valence-electron chi connectivity index (χ3n) is 3.80. The quantitative estimate of drug-likeness (QED) is 0.478. The van der Waals surface area contributed by atoms with Crippen LogP contribution < -0.4 is 5.32 Å². The number of ether oxygens (including phenoxy) is 2. The van der Waals surface area contributed by atoms with E-state index in [4.69, 9.17) is 9.47 Å². The lowest BCUT2D eigenvalue weighted by Gasteiger charge is -2.10. The Hall–Kier alpha value is -2.52. The molecule has 9 heteroatoms. The van der Waals surface area contributed by atoms with Gasteiger partial charge in [-0.1, -0.05) is 0 Å². The summed E-state index contributed by atoms with van der Waals surface area (Å²) in [5.41, 5.74) is -0.0428. The monoisotopic (exact) mass is 364 g/mol. The van der Waals surface area contributed by atoms with Crippen LogP contribution in [0.5, 0.6) is 0 Å². The van der Waals surface area contributed by atoms with E-state index in [1.807, 2.05) is 0 Å². The number of hydrogen-bond acceptors (Lipinski definition) is 7. The van der Waals surface area contributed by atoms with Crippen molar-refractivity contribution < 1.29 is 24.0 Å². The zero-order chi connectivity index (χ0) is 17.8. The topological polar surface area (TPSA) is 108 Å². The van der Waals surface area contributed by atoms with Crippen LogP contribution >= 0.6 is 11.3 Å². The molecule has 2 heterocycles. The molecular formula is C16H16N2O6S. The van der Waals surface area contributed by atoms with Gasteiger partial charge in [-0.3, -0.25) is 14.9 Å². The standard InChI is InChI=1S/C16H16N2O6S/c19-15(17-8-12-2-1-5-23-12)9-24-16(20)14-7-10-6-11(18(21)22)3-4-13(10)25-14/h3-4,6-7,12H,1-2,5,8-9H2,(H,17,19)/t12-/m1/s1. The maximum absolute atomic E-state index is 12.0. The third-order valence-corrected chi connectivity index (χ3v) is 4.89. The molecule has 1 aromatic heterocycles. The van der Waals surface area contributed by atoms with E-state index in [1.54, 1.807) is 6.07 Å². The Morgan fingerprint density at radius 3 is 2.96 bits per heavy atom. The zero-order valence-corrected chi connectivity index (χ0v) is 14.0. The molecule has 1 amide bonds. The predicted molar refractivity (Wildman–Crippen MR) is 90.7 cm³/mol. The number of amides is 1. The summed E-state index contributed by atoms with van der Waals surface area (Å²) in [6.07, 6.45) is 1.92. The number of nitrogens with zero attached hydrogens (tertiary/aromatic N) is 1. The average Bonchev–Trinajstić information content (AvgIpc) is 3.26. The summed E-state index contributed by atoms with van der Waals surface area (Å²) in [7, 11) is 0. The number of nitrogens with one attached hydrogen (secondary N) is 1. The van der Waals surface area contributed by atoms with Crippen molar-refractivity contribution in [2.24, 2.45) is 0 Å². The number of nitro benzene ring substituents is 1. The molecule has 0 spiro atoms. The van der Waals surface area contributed by atoms with Gasteiger partial charge in [0.1, 0.15) is 4.88 Å². The van der Waals surface area contributed by atoms with Gasteiger partial charge in [-0.25, -0.2) is 4.79 Å². The molecule has 1 aliphatic heterocycles. The van der Waals surface area contributed by atoms with E-state index in [0.717, 1.165) is 28.9 Å². The number of carbonyl (C=O) groups excluding carboxylic acids is 2. The SMILES string of the molecule is O=C(COC(=O)c1cc2cc([N+](=O)[O-])ccc2s1)NC[C@H]1CCCO1. The highest BCUT2D eigenvalue weighted by Gasteiger charge is 2.18. The molecule has 2 aromatic rings. The number of non-ortho nitro benzene ring substituents is 1. The Morgan fingerprint density at radius 2 is 2.24 bits per heavy atom. The molecule has 1 aliphatic rings. The minimum Gasteiger partial charge on any atom is -0.451 e. The molecule has 1 aromatic carbocycles. The van der Waals surface area contributed by atoms with Gasteiger partial charge < -0.3 is 14.8 Å². The van der Waals surface area contributed by atoms with E-state index in [-0.39, 0.29) is 24.3 Å². The number of benzene rings is 1. The van der Waals surface area contributed by atoms with Crippen molar-refractivity contribution in [3.8, 4) is 0 Å². The van der Waals surface area contributed by atoms with Crippen LogP contribution in [0, 0.1) is 10.1 Å². The molecule has 132 valence electrons. The number of rotatable bonds is 6. The average molecular weight is 364 g/mol. The van der Waals surface area contributed by atoms with Gasteiger partial charge in [-0.05, 0) is 25.0 Å². The number of thiophene rings is 1. The summed E-state index contributed by atoms with van der Waals surface area (Å²) in [5, 5.41) is 14.0. The molecule has 1 saturated heterocycles. The maximum atomic E-state index is 12.0. The first-order valence-electron chi connectivity index (χ1n) is 7.76. The lowest BCUT2D eigenvalue weighted by molar-refractivity contribution is -0.384. The fourth-order valence-electron chi connectivity index (χ4n) is 2.53. The predicted octanol–water partition coefficient (Wildman–Crippen LogP) is 2.26. The number of carbonyl (C=O) groups is 2. The molecule has 0 bridgehead atoms. The number of hydrogen-bond donors (Lipinski definition) is 1. The van der Waals surface area contributed by atoms with Crippen LogP contribution in [0.15, 0.2) is 24.3 Å². The van der Waals surface area contributed by atoms with Crippen LogP contribution in [0.3, 0.4) is 0 Å². The van der Waals surface area contributed by atoms with Crippen molar-refractivity contribution in [2.45, 2.75) is 18.9 Å². The molecule has 0 radical (unpaired) electrons. The van der Waals surface area contributed by atoms with Crippen molar-refractivity contribution in [3.63, 3.8) is 0 Å². The second kappa shape index (κ2) is 7.58. The van der Waals surface area contributed by atoms with Crippen LogP contribution in [-0.4, -0.2) is 42.7 Å². The van der Waals surface area contributed by atoms with Gasteiger partial charge in [0, 0.05) is 35.4 Å². The van der Waals surface area contributed by atoms with Gasteiger partial charge in [0.25, 0.3) is 11.6 Å². The molecule has 1 atom stereocenters. The molecule has 1 fully saturated rings. The van der Waals surface area contributed by atoms with Crippen LogP contribution in [0.2, 0.25) is 0 Å². The van der Waals surface area contributed by atoms with E-state index >= 15 is 0 Å². The summed E-state index contributed by atoms with van der Waals surface area (Å²) in [5.74, 6) is -1.02. The summed E-state index contributed by atoms with van der Waals surface area (Å²) >= 11 is 1.16. The highest BCUT2D eigenvalue weighted by Crippen LogP contribution is 2.29. The van der Waals surface area contributed by atoms with Crippen molar-refractivity contribution in [1.82, 2.24) is 5.32 Å². The van der Waals surface area contributed by atoms with E-state index in [0.29, 0.717) is 23.4 Å². The smallest absolute Gasteiger partial charge is 0.348 e. The molecule has 3 rings (SSSR count). The first-order valence-corrected chi connectivity index (χ1v) is 8.58. The van der Waals surface area contributed by atoms with Crippen LogP contribution in [0.4, 0.5) is 5.69 Å². The van der Waals surface area contributed by atoms with Crippen molar-refractivity contribution in [1.29, 1.82) is 0 Å². The minimum absolute atomic E-state index is 0.0260. The number of esters is 1. The molecule has 0 unspecified atom stereocenters. The Bertz CT molecular complexity index is 812. The van der Waals surface area contributed by atoms with Crippen molar-refractivity contribution in [3.05, 3.63) is 39.3 Å². The fraction of sp³-hybridized carbons (Fsp3) is 0.375. The Kier molecular flexibility index (Phi) is 5.25. The molecular weight excluding hydrogens is 348 g/mol. The van der Waals surface area contributed by atoms with Crippen LogP contribution in [-0.2, 0) is 14.3 Å². The highest BCUT2D eigenvalue weighted by molar-refractivity contribution is 7.20. The summed E-state index contributed by atoms with van der Waals surface area (Å²) < 4.78 is 11.1. The summed E-state index contributed by atoms with van der Waals surface area (Å²) in [6.45, 7) is 0.739. The Labute approximate surface area is 146 Å². The zero-order valence-electron chi connectivity index (χ0n) is 13.2. The Balaban J connectivity index is 1.54. The third kappa shape index (κ3) is 4.31. The second-order valence-electron chi connectivity index (χ2n) is 5.61. The van der Waals surface area contributed by atoms with E-state index in [1.165, 1.54) is 18.2 Å². The molecule has 25 heavy (non-hydrogen) atoms. The largest absolute Gasteiger partial charge is 0.451 e. The molecule has 0 aliphatic carbocycles. The van der Waals surface area contributed by atoms with Crippen molar-refractivity contribution in [2.75, 3.05) is 19.8 Å². The van der Waals surface area contributed by atoms with Gasteiger partial charge in [0.05, 0.1) is 11.0 Å². The highest BCUT2D eigenvalue weighted by atomic mass is 32.1. The molecule has 0 saturated carbocycles. The van der Waals surface area contributed by atoms with Gasteiger partial charge >= 0.3 is 5.97 Å². The van der Waals surface area contributed by atoms with E-state index in [9.17, 15) is 19.7 Å². The molecule has 1 N–H and O–H groups in total. The summed E-state index contributed by atoms with van der Waals surface area (Å²) in [6, 6.07) is 5.90. The van der Waals surface area contributed by atoms with Crippen LogP contribution in [0.1, 0.15) is 22.5 Å².